The molecule has 1 aliphatic heterocycles. The van der Waals surface area contributed by atoms with Gasteiger partial charge >= 0.3 is 0 Å². The van der Waals surface area contributed by atoms with E-state index in [2.05, 4.69) is 15.5 Å². The second-order valence-corrected chi connectivity index (χ2v) is 5.05. The fraction of sp³-hybridized carbons (Fsp3) is 0.385. The summed E-state index contributed by atoms with van der Waals surface area (Å²) in [5, 5.41) is 7.33. The summed E-state index contributed by atoms with van der Waals surface area (Å²) in [7, 11) is 0. The first-order valence-electron chi connectivity index (χ1n) is 6.24. The first-order chi connectivity index (χ1) is 9.22. The van der Waals surface area contributed by atoms with Crippen LogP contribution < -0.4 is 5.32 Å². The lowest BCUT2D eigenvalue weighted by molar-refractivity contribution is 0.364. The molecule has 1 N–H and O–H groups in total. The number of aromatic nitrogens is 2. The minimum Gasteiger partial charge on any atom is -0.339 e. The highest BCUT2D eigenvalue weighted by Crippen LogP contribution is 2.23. The maximum atomic E-state index is 13.1. The molecule has 0 spiro atoms. The molecule has 1 unspecified atom stereocenters. The lowest BCUT2D eigenvalue weighted by Crippen LogP contribution is -2.23. The van der Waals surface area contributed by atoms with E-state index in [1.807, 2.05) is 0 Å². The van der Waals surface area contributed by atoms with E-state index in [4.69, 9.17) is 16.1 Å². The first-order valence-corrected chi connectivity index (χ1v) is 6.61. The van der Waals surface area contributed by atoms with Gasteiger partial charge in [-0.1, -0.05) is 16.8 Å². The summed E-state index contributed by atoms with van der Waals surface area (Å²) in [5.74, 6) is 0.578. The zero-order valence-corrected chi connectivity index (χ0v) is 11.0. The van der Waals surface area contributed by atoms with E-state index in [1.54, 1.807) is 6.07 Å². The Balaban J connectivity index is 1.78. The molecule has 6 heteroatoms. The van der Waals surface area contributed by atoms with E-state index in [0.29, 0.717) is 23.3 Å². The molecule has 4 nitrogen and oxygen atoms in total. The van der Waals surface area contributed by atoms with E-state index < -0.39 is 5.82 Å². The third-order valence-corrected chi connectivity index (χ3v) is 3.52. The van der Waals surface area contributed by atoms with Gasteiger partial charge in [-0.15, -0.1) is 0 Å². The van der Waals surface area contributed by atoms with Crippen molar-refractivity contribution >= 4 is 11.6 Å². The monoisotopic (exact) mass is 281 g/mol. The van der Waals surface area contributed by atoms with Crippen molar-refractivity contribution in [3.63, 3.8) is 0 Å². The molecule has 0 aliphatic carbocycles. The van der Waals surface area contributed by atoms with Gasteiger partial charge in [-0.25, -0.2) is 4.39 Å². The normalized spacial score (nSPS) is 18.9. The average Bonchev–Trinajstić information content (AvgIpc) is 3.05. The van der Waals surface area contributed by atoms with Gasteiger partial charge < -0.3 is 9.84 Å². The SMILES string of the molecule is Fc1ccc(-c2noc(CC3CCCN3)n2)cc1Cl. The van der Waals surface area contributed by atoms with Gasteiger partial charge in [-0.3, -0.25) is 0 Å². The standard InChI is InChI=1S/C13H13ClFN3O/c14-10-6-8(3-4-11(10)15)13-17-12(19-18-13)7-9-2-1-5-16-9/h3-4,6,9,16H,1-2,5,7H2. The Bertz CT molecular complexity index is 581. The first kappa shape index (κ1) is 12.6. The number of halogens is 2. The molecule has 3 rings (SSSR count). The summed E-state index contributed by atoms with van der Waals surface area (Å²) in [6.45, 7) is 1.04. The Morgan fingerprint density at radius 2 is 2.37 bits per heavy atom. The van der Waals surface area contributed by atoms with Crippen LogP contribution in [0.5, 0.6) is 0 Å². The predicted octanol–water partition coefficient (Wildman–Crippen LogP) is 2.82. The largest absolute Gasteiger partial charge is 0.339 e. The summed E-state index contributed by atoms with van der Waals surface area (Å²) < 4.78 is 18.3. The quantitative estimate of drug-likeness (QED) is 0.940. The van der Waals surface area contributed by atoms with Gasteiger partial charge in [0.1, 0.15) is 5.82 Å². The highest BCUT2D eigenvalue weighted by molar-refractivity contribution is 6.31. The smallest absolute Gasteiger partial charge is 0.228 e. The Morgan fingerprint density at radius 1 is 1.47 bits per heavy atom. The summed E-state index contributed by atoms with van der Waals surface area (Å²) in [6.07, 6.45) is 3.03. The summed E-state index contributed by atoms with van der Waals surface area (Å²) in [5.41, 5.74) is 0.654. The van der Waals surface area contributed by atoms with E-state index in [1.165, 1.54) is 18.6 Å². The Hall–Kier alpha value is -1.46. The predicted molar refractivity (Wildman–Crippen MR) is 69.4 cm³/mol. The van der Waals surface area contributed by atoms with Gasteiger partial charge in [0.15, 0.2) is 0 Å². The van der Waals surface area contributed by atoms with Crippen molar-refractivity contribution in [2.75, 3.05) is 6.54 Å². The van der Waals surface area contributed by atoms with E-state index in [-0.39, 0.29) is 5.02 Å². The maximum absolute atomic E-state index is 13.1. The van der Waals surface area contributed by atoms with Gasteiger partial charge in [0.05, 0.1) is 5.02 Å². The van der Waals surface area contributed by atoms with Crippen LogP contribution in [0.15, 0.2) is 22.7 Å². The molecule has 0 amide bonds. The molecule has 1 aromatic carbocycles. The van der Waals surface area contributed by atoms with Crippen LogP contribution in [0.1, 0.15) is 18.7 Å². The van der Waals surface area contributed by atoms with Crippen molar-refractivity contribution < 1.29 is 8.91 Å². The second kappa shape index (κ2) is 5.27. The number of hydrogen-bond donors (Lipinski definition) is 1. The number of hydrogen-bond acceptors (Lipinski definition) is 4. The highest BCUT2D eigenvalue weighted by atomic mass is 35.5. The molecule has 19 heavy (non-hydrogen) atoms. The molecule has 0 radical (unpaired) electrons. The summed E-state index contributed by atoms with van der Waals surface area (Å²) in [4.78, 5) is 4.32. The van der Waals surface area contributed by atoms with Crippen LogP contribution in [-0.4, -0.2) is 22.7 Å². The van der Waals surface area contributed by atoms with Gasteiger partial charge in [0.25, 0.3) is 0 Å². The van der Waals surface area contributed by atoms with E-state index in [0.717, 1.165) is 19.4 Å². The van der Waals surface area contributed by atoms with Crippen LogP contribution in [0.25, 0.3) is 11.4 Å². The van der Waals surface area contributed by atoms with Crippen molar-refractivity contribution in [2.24, 2.45) is 0 Å². The molecule has 1 saturated heterocycles. The zero-order chi connectivity index (χ0) is 13.2. The van der Waals surface area contributed by atoms with Crippen LogP contribution >= 0.6 is 11.6 Å². The van der Waals surface area contributed by atoms with Crippen LogP contribution in [0, 0.1) is 5.82 Å². The lowest BCUT2D eigenvalue weighted by atomic mass is 10.1. The van der Waals surface area contributed by atoms with Gasteiger partial charge in [-0.2, -0.15) is 4.98 Å². The third-order valence-electron chi connectivity index (χ3n) is 3.23. The average molecular weight is 282 g/mol. The molecule has 1 fully saturated rings. The van der Waals surface area contributed by atoms with Gasteiger partial charge in [0, 0.05) is 18.0 Å². The van der Waals surface area contributed by atoms with Crippen molar-refractivity contribution in [3.8, 4) is 11.4 Å². The molecular formula is C13H13ClFN3O. The molecular weight excluding hydrogens is 269 g/mol. The number of nitrogens with zero attached hydrogens (tertiary/aromatic N) is 2. The number of nitrogens with one attached hydrogen (secondary N) is 1. The highest BCUT2D eigenvalue weighted by Gasteiger charge is 2.18. The maximum Gasteiger partial charge on any atom is 0.228 e. The Kier molecular flexibility index (Phi) is 3.48. The van der Waals surface area contributed by atoms with Gasteiger partial charge in [-0.05, 0) is 37.6 Å². The molecule has 1 aliphatic rings. The van der Waals surface area contributed by atoms with E-state index >= 15 is 0 Å². The summed E-state index contributed by atoms with van der Waals surface area (Å²) >= 11 is 5.74. The minimum atomic E-state index is -0.454. The molecule has 2 aromatic rings. The van der Waals surface area contributed by atoms with E-state index in [9.17, 15) is 4.39 Å². The van der Waals surface area contributed by atoms with Crippen LogP contribution in [0.4, 0.5) is 4.39 Å². The fourth-order valence-corrected chi connectivity index (χ4v) is 2.41. The Morgan fingerprint density at radius 3 is 3.11 bits per heavy atom. The zero-order valence-electron chi connectivity index (χ0n) is 10.2. The van der Waals surface area contributed by atoms with Gasteiger partial charge in [0.2, 0.25) is 11.7 Å². The molecule has 0 bridgehead atoms. The Labute approximate surface area is 115 Å². The van der Waals surface area contributed by atoms with Crippen molar-refractivity contribution in [2.45, 2.75) is 25.3 Å². The summed E-state index contributed by atoms with van der Waals surface area (Å²) in [6, 6.07) is 4.79. The molecule has 100 valence electrons. The third kappa shape index (κ3) is 2.77. The molecule has 2 heterocycles. The van der Waals surface area contributed by atoms with Crippen LogP contribution in [-0.2, 0) is 6.42 Å². The molecule has 1 aromatic heterocycles. The fourth-order valence-electron chi connectivity index (χ4n) is 2.23. The lowest BCUT2D eigenvalue weighted by Gasteiger charge is -2.04. The topological polar surface area (TPSA) is 51.0 Å². The molecule has 1 atom stereocenters. The van der Waals surface area contributed by atoms with Crippen LogP contribution in [0.2, 0.25) is 5.02 Å². The molecule has 0 saturated carbocycles. The minimum absolute atomic E-state index is 0.0568. The van der Waals surface area contributed by atoms with Crippen molar-refractivity contribution in [1.82, 2.24) is 15.5 Å². The van der Waals surface area contributed by atoms with Crippen molar-refractivity contribution in [3.05, 3.63) is 34.9 Å². The van der Waals surface area contributed by atoms with Crippen LogP contribution in [0.3, 0.4) is 0 Å². The second-order valence-electron chi connectivity index (χ2n) is 4.64. The van der Waals surface area contributed by atoms with Crippen molar-refractivity contribution in [1.29, 1.82) is 0 Å². The number of rotatable bonds is 3. The number of benzene rings is 1.